The van der Waals surface area contributed by atoms with Gasteiger partial charge in [-0.2, -0.15) is 0 Å². The van der Waals surface area contributed by atoms with Gasteiger partial charge in [0.2, 0.25) is 5.91 Å². The summed E-state index contributed by atoms with van der Waals surface area (Å²) in [6, 6.07) is 9.41. The van der Waals surface area contributed by atoms with Crippen LogP contribution in [-0.2, 0) is 11.2 Å². The fraction of sp³-hybridized carbons (Fsp3) is 0.458. The highest BCUT2D eigenvalue weighted by Crippen LogP contribution is 2.36. The number of piperazine rings is 1. The van der Waals surface area contributed by atoms with Crippen LogP contribution >= 0.6 is 0 Å². The van der Waals surface area contributed by atoms with Gasteiger partial charge < -0.3 is 20.4 Å². The lowest BCUT2D eigenvalue weighted by molar-refractivity contribution is -0.587. The van der Waals surface area contributed by atoms with Gasteiger partial charge in [0.25, 0.3) is 11.7 Å². The van der Waals surface area contributed by atoms with Gasteiger partial charge in [0.05, 0.1) is 6.04 Å². The molecule has 176 valence electrons. The number of rotatable bonds is 3. The lowest BCUT2D eigenvalue weighted by Crippen LogP contribution is -2.61. The Hall–Kier alpha value is -3.53. The third kappa shape index (κ3) is 3.40. The normalized spacial score (nSPS) is 23.0. The number of nitrogens with one attached hydrogen (secondary N) is 3. The molecule has 2 atom stereocenters. The van der Waals surface area contributed by atoms with Crippen molar-refractivity contribution in [2.45, 2.75) is 44.3 Å². The number of benzene rings is 1. The van der Waals surface area contributed by atoms with Gasteiger partial charge in [0.15, 0.2) is 5.69 Å². The van der Waals surface area contributed by atoms with E-state index < -0.39 is 6.04 Å². The first kappa shape index (κ1) is 21.0. The van der Waals surface area contributed by atoms with E-state index in [1.807, 2.05) is 31.2 Å². The molecule has 34 heavy (non-hydrogen) atoms. The van der Waals surface area contributed by atoms with Crippen molar-refractivity contribution in [3.63, 3.8) is 0 Å². The van der Waals surface area contributed by atoms with Crippen molar-refractivity contribution in [1.29, 1.82) is 0 Å². The number of fused-ring (bicyclic) bond motifs is 5. The van der Waals surface area contributed by atoms with Gasteiger partial charge in [0, 0.05) is 37.1 Å². The van der Waals surface area contributed by atoms with Crippen molar-refractivity contribution >= 4 is 23.1 Å². The predicted octanol–water partition coefficient (Wildman–Crippen LogP) is 0.596. The summed E-state index contributed by atoms with van der Waals surface area (Å²) in [6.07, 6.45) is 2.54. The van der Waals surface area contributed by atoms with Crippen molar-refractivity contribution in [1.82, 2.24) is 30.4 Å². The third-order valence-corrected chi connectivity index (χ3v) is 7.37. The lowest BCUT2D eigenvalue weighted by Gasteiger charge is -2.45. The molecule has 10 nitrogen and oxygen atoms in total. The van der Waals surface area contributed by atoms with Crippen LogP contribution in [0.1, 0.15) is 46.3 Å². The lowest BCUT2D eigenvalue weighted by atomic mass is 9.85. The molecule has 2 amide bonds. The van der Waals surface area contributed by atoms with Crippen LogP contribution < -0.4 is 15.1 Å². The van der Waals surface area contributed by atoms with Crippen molar-refractivity contribution in [2.75, 3.05) is 32.0 Å². The van der Waals surface area contributed by atoms with Crippen LogP contribution in [0, 0.1) is 6.92 Å². The molecule has 0 unspecified atom stereocenters. The van der Waals surface area contributed by atoms with E-state index >= 15 is 0 Å². The van der Waals surface area contributed by atoms with E-state index in [0.717, 1.165) is 48.6 Å². The molecule has 1 aromatic carbocycles. The fourth-order valence-corrected chi connectivity index (χ4v) is 5.48. The zero-order valence-corrected chi connectivity index (χ0v) is 19.4. The molecule has 0 saturated carbocycles. The maximum absolute atomic E-state index is 13.9. The number of aromatic nitrogens is 4. The quantitative estimate of drug-likeness (QED) is 0.493. The van der Waals surface area contributed by atoms with Crippen LogP contribution in [0.15, 0.2) is 30.3 Å². The number of aromatic amines is 1. The Bertz CT molecular complexity index is 1280. The largest absolute Gasteiger partial charge is 0.377 e. The van der Waals surface area contributed by atoms with Crippen molar-refractivity contribution in [3.05, 3.63) is 53.0 Å². The highest BCUT2D eigenvalue weighted by molar-refractivity contribution is 5.98. The van der Waals surface area contributed by atoms with Crippen molar-refractivity contribution < 1.29 is 14.1 Å². The SMILES string of the molecule is Cc1[nH]nc2c(NC3CCN(C)CC3)cc(C(=O)N3[C@H]4Cc5ccccc5[C@@H]3CNC4=O)n[n+]12. The van der Waals surface area contributed by atoms with Gasteiger partial charge in [-0.3, -0.25) is 9.59 Å². The van der Waals surface area contributed by atoms with Crippen LogP contribution in [-0.4, -0.2) is 75.7 Å². The minimum absolute atomic E-state index is 0.114. The number of piperidine rings is 1. The number of hydrogen-bond acceptors (Lipinski definition) is 6. The van der Waals surface area contributed by atoms with Crippen LogP contribution in [0.4, 0.5) is 5.69 Å². The van der Waals surface area contributed by atoms with Gasteiger partial charge >= 0.3 is 5.65 Å². The summed E-state index contributed by atoms with van der Waals surface area (Å²) in [5.41, 5.74) is 3.97. The van der Waals surface area contributed by atoms with Crippen molar-refractivity contribution in [3.8, 4) is 0 Å². The van der Waals surface area contributed by atoms with Crippen LogP contribution in [0.25, 0.3) is 5.65 Å². The second-order valence-electron chi connectivity index (χ2n) is 9.60. The Morgan fingerprint density at radius 2 is 2.00 bits per heavy atom. The molecule has 0 aliphatic carbocycles. The molecule has 3 aliphatic heterocycles. The average Bonchev–Trinajstić information content (AvgIpc) is 3.23. The minimum Gasteiger partial charge on any atom is -0.377 e. The average molecular weight is 462 g/mol. The number of amides is 2. The van der Waals surface area contributed by atoms with E-state index in [4.69, 9.17) is 0 Å². The zero-order chi connectivity index (χ0) is 23.4. The molecule has 3 aliphatic rings. The summed E-state index contributed by atoms with van der Waals surface area (Å²) in [5, 5.41) is 18.6. The summed E-state index contributed by atoms with van der Waals surface area (Å²) >= 11 is 0. The molecular formula is C24H29N8O2+. The highest BCUT2D eigenvalue weighted by atomic mass is 16.2. The molecule has 2 fully saturated rings. The Balaban J connectivity index is 1.38. The second kappa shape index (κ2) is 8.05. The molecule has 2 saturated heterocycles. The fourth-order valence-electron chi connectivity index (χ4n) is 5.48. The zero-order valence-electron chi connectivity index (χ0n) is 19.4. The number of likely N-dealkylation sites (tertiary alicyclic amines) is 1. The molecule has 3 N–H and O–H groups in total. The number of anilines is 1. The van der Waals surface area contributed by atoms with Gasteiger partial charge in [-0.15, -0.1) is 5.10 Å². The van der Waals surface area contributed by atoms with E-state index in [1.165, 1.54) is 0 Å². The molecule has 0 spiro atoms. The standard InChI is InChI=1S/C24H28N8O2/c1-14-27-28-22-18(26-16-7-9-30(2)10-8-16)12-19(29-32(14)22)24(34)31-20-11-15-5-3-4-6-17(15)21(31)13-25-23(20)33/h3-6,12,16,20-21H,7-11,13H2,1-2H3,(H2,25,26,29,33)/p+1/t20-,21-/m0/s1. The number of nitrogens with zero attached hydrogens (tertiary/aromatic N) is 5. The first-order valence-electron chi connectivity index (χ1n) is 11.9. The third-order valence-electron chi connectivity index (χ3n) is 7.37. The monoisotopic (exact) mass is 461 g/mol. The van der Waals surface area contributed by atoms with Gasteiger partial charge in [-0.25, -0.2) is 0 Å². The number of H-pyrrole nitrogens is 1. The van der Waals surface area contributed by atoms with Gasteiger partial charge in [-0.1, -0.05) is 33.9 Å². The summed E-state index contributed by atoms with van der Waals surface area (Å²) in [5.74, 6) is 0.385. The Morgan fingerprint density at radius 3 is 2.82 bits per heavy atom. The van der Waals surface area contributed by atoms with E-state index in [1.54, 1.807) is 15.5 Å². The van der Waals surface area contributed by atoms with E-state index in [2.05, 4.69) is 37.9 Å². The van der Waals surface area contributed by atoms with Gasteiger partial charge in [0.1, 0.15) is 11.7 Å². The van der Waals surface area contributed by atoms with Crippen LogP contribution in [0.2, 0.25) is 0 Å². The first-order valence-corrected chi connectivity index (χ1v) is 11.9. The molecule has 2 bridgehead atoms. The van der Waals surface area contributed by atoms with E-state index in [0.29, 0.717) is 30.3 Å². The van der Waals surface area contributed by atoms with Crippen molar-refractivity contribution in [2.24, 2.45) is 0 Å². The molecule has 3 aromatic rings. The summed E-state index contributed by atoms with van der Waals surface area (Å²) < 4.78 is 1.68. The number of aryl methyl sites for hydroxylation is 1. The first-order chi connectivity index (χ1) is 16.5. The number of carbonyl (C=O) groups is 2. The second-order valence-corrected chi connectivity index (χ2v) is 9.60. The topological polar surface area (TPSA) is 110 Å². The summed E-state index contributed by atoms with van der Waals surface area (Å²) in [6.45, 7) is 4.32. The highest BCUT2D eigenvalue weighted by Gasteiger charge is 2.45. The Kier molecular flexibility index (Phi) is 4.98. The maximum atomic E-state index is 13.9. The molecule has 10 heteroatoms. The molecular weight excluding hydrogens is 432 g/mol. The number of carbonyl (C=O) groups excluding carboxylic acids is 2. The molecule has 6 rings (SSSR count). The van der Waals surface area contributed by atoms with Crippen LogP contribution in [0.3, 0.4) is 0 Å². The minimum atomic E-state index is -0.542. The molecule has 0 radical (unpaired) electrons. The summed E-state index contributed by atoms with van der Waals surface area (Å²) in [7, 11) is 2.13. The Morgan fingerprint density at radius 1 is 1.21 bits per heavy atom. The van der Waals surface area contributed by atoms with E-state index in [-0.39, 0.29) is 17.9 Å². The van der Waals surface area contributed by atoms with Gasteiger partial charge in [-0.05, 0) is 44.1 Å². The van der Waals surface area contributed by atoms with E-state index in [9.17, 15) is 9.59 Å². The maximum Gasteiger partial charge on any atom is 0.348 e. The molecule has 2 aromatic heterocycles. The predicted molar refractivity (Wildman–Crippen MR) is 124 cm³/mol. The smallest absolute Gasteiger partial charge is 0.348 e. The molecule has 5 heterocycles. The van der Waals surface area contributed by atoms with Crippen LogP contribution in [0.5, 0.6) is 0 Å². The summed E-state index contributed by atoms with van der Waals surface area (Å²) in [4.78, 5) is 30.8. The Labute approximate surface area is 197 Å². The number of hydrogen-bond donors (Lipinski definition) is 3.